The van der Waals surface area contributed by atoms with Crippen LogP contribution in [0.25, 0.3) is 81.8 Å². The molecule has 0 atom stereocenters. The van der Waals surface area contributed by atoms with Crippen molar-refractivity contribution in [2.24, 2.45) is 0 Å². The molecule has 0 spiro atoms. The van der Waals surface area contributed by atoms with E-state index in [9.17, 15) is 5.26 Å². The minimum atomic E-state index is 0.537. The van der Waals surface area contributed by atoms with Crippen LogP contribution in [0.15, 0.2) is 126 Å². The molecule has 0 aliphatic carbocycles. The lowest BCUT2D eigenvalue weighted by Crippen LogP contribution is -1.95. The van der Waals surface area contributed by atoms with E-state index in [0.29, 0.717) is 16.8 Å². The molecule has 3 aromatic heterocycles. The van der Waals surface area contributed by atoms with E-state index in [1.54, 1.807) is 6.07 Å². The van der Waals surface area contributed by atoms with Crippen LogP contribution < -0.4 is 0 Å². The van der Waals surface area contributed by atoms with Crippen LogP contribution in [-0.4, -0.2) is 9.13 Å². The van der Waals surface area contributed by atoms with E-state index >= 15 is 0 Å². The molecule has 5 heteroatoms. The highest BCUT2D eigenvalue weighted by atomic mass is 16.3. The van der Waals surface area contributed by atoms with E-state index in [1.165, 1.54) is 5.39 Å². The maximum Gasteiger partial charge on any atom is 0.188 e. The molecule has 198 valence electrons. The van der Waals surface area contributed by atoms with Gasteiger partial charge in [0.2, 0.25) is 0 Å². The van der Waals surface area contributed by atoms with Gasteiger partial charge in [0.25, 0.3) is 0 Å². The number of nitriles is 1. The van der Waals surface area contributed by atoms with Gasteiger partial charge in [0.15, 0.2) is 11.3 Å². The van der Waals surface area contributed by atoms with Gasteiger partial charge in [0.1, 0.15) is 11.7 Å². The summed E-state index contributed by atoms with van der Waals surface area (Å²) in [7, 11) is 0. The van der Waals surface area contributed by atoms with E-state index < -0.39 is 0 Å². The highest BCUT2D eigenvalue weighted by Gasteiger charge is 2.18. The molecule has 0 amide bonds. The number of hydrogen-bond donors (Lipinski definition) is 0. The lowest BCUT2D eigenvalue weighted by atomic mass is 10.1. The fourth-order valence-corrected chi connectivity index (χ4v) is 6.70. The molecule has 0 aliphatic rings. The van der Waals surface area contributed by atoms with Gasteiger partial charge in [-0.05, 0) is 72.1 Å². The Bertz CT molecular complexity index is 2710. The predicted molar refractivity (Wildman–Crippen MR) is 173 cm³/mol. The Morgan fingerprint density at radius 1 is 0.558 bits per heavy atom. The molecule has 0 unspecified atom stereocenters. The van der Waals surface area contributed by atoms with Gasteiger partial charge >= 0.3 is 0 Å². The second kappa shape index (κ2) is 8.60. The molecule has 0 saturated carbocycles. The molecule has 0 aliphatic heterocycles. The number of hydrogen-bond acceptors (Lipinski definition) is 2. The second-order valence-corrected chi connectivity index (χ2v) is 10.8. The Morgan fingerprint density at radius 2 is 1.14 bits per heavy atom. The predicted octanol–water partition coefficient (Wildman–Crippen LogP) is 10.2. The summed E-state index contributed by atoms with van der Waals surface area (Å²) in [4.78, 5) is 3.67. The first-order valence-electron chi connectivity index (χ1n) is 14.0. The Kier molecular flexibility index (Phi) is 4.68. The second-order valence-electron chi connectivity index (χ2n) is 10.8. The molecule has 0 bridgehead atoms. The molecular weight excluding hydrogens is 528 g/mol. The summed E-state index contributed by atoms with van der Waals surface area (Å²) < 4.78 is 10.7. The van der Waals surface area contributed by atoms with Crippen LogP contribution in [0.2, 0.25) is 0 Å². The van der Waals surface area contributed by atoms with Crippen molar-refractivity contribution in [3.05, 3.63) is 138 Å². The van der Waals surface area contributed by atoms with Crippen molar-refractivity contribution in [2.45, 2.75) is 0 Å². The first-order valence-corrected chi connectivity index (χ1v) is 14.0. The summed E-state index contributed by atoms with van der Waals surface area (Å²) >= 11 is 0. The molecule has 5 nitrogen and oxygen atoms in total. The number of fused-ring (bicyclic) bond motifs is 9. The normalized spacial score (nSPS) is 11.7. The number of rotatable bonds is 2. The first kappa shape index (κ1) is 23.4. The van der Waals surface area contributed by atoms with Gasteiger partial charge in [-0.25, -0.2) is 4.85 Å². The molecule has 6 aromatic carbocycles. The lowest BCUT2D eigenvalue weighted by Gasteiger charge is -2.10. The Hall–Kier alpha value is -6.30. The number of benzene rings is 6. The van der Waals surface area contributed by atoms with Crippen LogP contribution in [0.1, 0.15) is 5.56 Å². The number of para-hydroxylation sites is 3. The highest BCUT2D eigenvalue weighted by Crippen LogP contribution is 2.39. The summed E-state index contributed by atoms with van der Waals surface area (Å²) in [6.45, 7) is 7.53. The van der Waals surface area contributed by atoms with E-state index in [4.69, 9.17) is 11.0 Å². The topological polar surface area (TPSA) is 51.1 Å². The van der Waals surface area contributed by atoms with E-state index in [0.717, 1.165) is 66.0 Å². The average molecular weight is 549 g/mol. The molecule has 0 radical (unpaired) electrons. The Balaban J connectivity index is 1.32. The van der Waals surface area contributed by atoms with Gasteiger partial charge in [-0.2, -0.15) is 5.26 Å². The Morgan fingerprint density at radius 3 is 1.84 bits per heavy atom. The third kappa shape index (κ3) is 3.19. The fourth-order valence-electron chi connectivity index (χ4n) is 6.70. The van der Waals surface area contributed by atoms with Crippen molar-refractivity contribution in [1.29, 1.82) is 5.26 Å². The summed E-state index contributed by atoms with van der Waals surface area (Å²) in [5.74, 6) is 0. The summed E-state index contributed by atoms with van der Waals surface area (Å²) in [5, 5.41) is 16.1. The molecule has 9 rings (SSSR count). The number of furan rings is 1. The standard InChI is InChI=1S/C38H20N4O/c1-40-24-13-16-35-30(19-24)27-8-2-4-11-33(27)41(35)25-14-17-36-31(20-25)28-9-3-5-12-34(28)42(36)26-15-18-37-32(21-26)29-10-6-7-23(22-39)38(29)43-37/h2-21H. The summed E-state index contributed by atoms with van der Waals surface area (Å²) in [6, 6.07) is 43.7. The van der Waals surface area contributed by atoms with E-state index in [-0.39, 0.29) is 0 Å². The zero-order chi connectivity index (χ0) is 28.7. The number of aromatic nitrogens is 2. The van der Waals surface area contributed by atoms with Gasteiger partial charge in [-0.3, -0.25) is 0 Å². The maximum absolute atomic E-state index is 9.61. The monoisotopic (exact) mass is 548 g/mol. The van der Waals surface area contributed by atoms with E-state index in [1.807, 2.05) is 30.3 Å². The van der Waals surface area contributed by atoms with Crippen molar-refractivity contribution >= 4 is 71.2 Å². The van der Waals surface area contributed by atoms with Gasteiger partial charge < -0.3 is 13.6 Å². The van der Waals surface area contributed by atoms with Crippen LogP contribution in [0.3, 0.4) is 0 Å². The maximum atomic E-state index is 9.61. The van der Waals surface area contributed by atoms with Gasteiger partial charge in [-0.1, -0.05) is 54.6 Å². The molecule has 0 fully saturated rings. The lowest BCUT2D eigenvalue weighted by molar-refractivity contribution is 0.667. The fraction of sp³-hybridized carbons (Fsp3) is 0. The molecule has 43 heavy (non-hydrogen) atoms. The van der Waals surface area contributed by atoms with Crippen molar-refractivity contribution in [2.75, 3.05) is 0 Å². The van der Waals surface area contributed by atoms with Crippen LogP contribution in [0, 0.1) is 17.9 Å². The SMILES string of the molecule is [C-]#[N+]c1ccc2c(c1)c1ccccc1n2-c1ccc2c(c1)c1ccccc1n2-c1ccc2oc3c(C#N)cccc3c2c1. The smallest absolute Gasteiger partial charge is 0.188 e. The molecule has 3 heterocycles. The average Bonchev–Trinajstić information content (AvgIpc) is 3.71. The Labute approximate surface area is 245 Å². The van der Waals surface area contributed by atoms with E-state index in [2.05, 4.69) is 105 Å². The zero-order valence-electron chi connectivity index (χ0n) is 22.7. The van der Waals surface area contributed by atoms with Crippen molar-refractivity contribution < 1.29 is 4.42 Å². The molecule has 0 N–H and O–H groups in total. The number of nitrogens with zero attached hydrogens (tertiary/aromatic N) is 4. The third-order valence-electron chi connectivity index (χ3n) is 8.56. The molecular formula is C38H20N4O. The molecule has 0 saturated heterocycles. The zero-order valence-corrected chi connectivity index (χ0v) is 22.7. The van der Waals surface area contributed by atoms with Crippen molar-refractivity contribution in [3.8, 4) is 17.4 Å². The largest absolute Gasteiger partial charge is 0.455 e. The minimum Gasteiger partial charge on any atom is -0.455 e. The quantitative estimate of drug-likeness (QED) is 0.202. The van der Waals surface area contributed by atoms with Crippen molar-refractivity contribution in [1.82, 2.24) is 9.13 Å². The minimum absolute atomic E-state index is 0.537. The third-order valence-corrected chi connectivity index (χ3v) is 8.56. The van der Waals surface area contributed by atoms with Crippen LogP contribution in [0.4, 0.5) is 5.69 Å². The summed E-state index contributed by atoms with van der Waals surface area (Å²) in [6.07, 6.45) is 0. The van der Waals surface area contributed by atoms with Gasteiger partial charge in [-0.15, -0.1) is 0 Å². The summed E-state index contributed by atoms with van der Waals surface area (Å²) in [5.41, 5.74) is 9.06. The molecule has 9 aromatic rings. The van der Waals surface area contributed by atoms with Crippen LogP contribution >= 0.6 is 0 Å². The van der Waals surface area contributed by atoms with Crippen molar-refractivity contribution in [3.63, 3.8) is 0 Å². The highest BCUT2D eigenvalue weighted by molar-refractivity contribution is 6.13. The first-order chi connectivity index (χ1) is 21.2. The van der Waals surface area contributed by atoms with Crippen LogP contribution in [-0.2, 0) is 0 Å². The van der Waals surface area contributed by atoms with Crippen LogP contribution in [0.5, 0.6) is 0 Å². The van der Waals surface area contributed by atoms with Gasteiger partial charge in [0.05, 0.1) is 34.2 Å². The van der Waals surface area contributed by atoms with Gasteiger partial charge in [0, 0.05) is 38.3 Å².